The summed E-state index contributed by atoms with van der Waals surface area (Å²) in [6, 6.07) is 4.90. The van der Waals surface area contributed by atoms with Gasteiger partial charge in [-0.3, -0.25) is 0 Å². The molecular weight excluding hydrogens is 331 g/mol. The second-order valence-corrected chi connectivity index (χ2v) is 4.84. The van der Waals surface area contributed by atoms with E-state index in [0.29, 0.717) is 11.8 Å². The summed E-state index contributed by atoms with van der Waals surface area (Å²) in [7, 11) is 0. The molecular formula is C12H13IN2O2. The first kappa shape index (κ1) is 13.9. The first-order chi connectivity index (χ1) is 8.01. The van der Waals surface area contributed by atoms with Gasteiger partial charge in [0.05, 0.1) is 11.7 Å². The van der Waals surface area contributed by atoms with Crippen LogP contribution in [0.5, 0.6) is 0 Å². The molecule has 1 unspecified atom stereocenters. The summed E-state index contributed by atoms with van der Waals surface area (Å²) in [5, 5.41) is 21.2. The largest absolute Gasteiger partial charge is 0.391 e. The van der Waals surface area contributed by atoms with Gasteiger partial charge in [0, 0.05) is 9.26 Å². The number of rotatable bonds is 4. The molecule has 0 saturated heterocycles. The van der Waals surface area contributed by atoms with Crippen molar-refractivity contribution in [2.75, 3.05) is 5.32 Å². The highest BCUT2D eigenvalue weighted by Gasteiger charge is 2.15. The van der Waals surface area contributed by atoms with Crippen LogP contribution in [0, 0.1) is 21.8 Å². The molecule has 17 heavy (non-hydrogen) atoms. The Bertz CT molecular complexity index is 466. The third-order valence-electron chi connectivity index (χ3n) is 2.50. The smallest absolute Gasteiger partial charge is 0.144 e. The Hall–Kier alpha value is -1.13. The van der Waals surface area contributed by atoms with E-state index in [2.05, 4.69) is 34.0 Å². The van der Waals surface area contributed by atoms with Crippen LogP contribution in [-0.2, 0) is 4.79 Å². The van der Waals surface area contributed by atoms with Gasteiger partial charge in [0.2, 0.25) is 0 Å². The summed E-state index contributed by atoms with van der Waals surface area (Å²) in [4.78, 5) is 10.8. The van der Waals surface area contributed by atoms with Crippen LogP contribution >= 0.6 is 22.6 Å². The standard InChI is InChI=1S/C12H13IN2O2/c1-7-10(15-11(6-16)8(2)17)4-3-9(5-14)12(7)13/h3-4,6,8,11,15,17H,1-2H3/t8-,11?/m0/s1. The van der Waals surface area contributed by atoms with Gasteiger partial charge >= 0.3 is 0 Å². The van der Waals surface area contributed by atoms with E-state index in [1.165, 1.54) is 0 Å². The van der Waals surface area contributed by atoms with Crippen LogP contribution in [0.3, 0.4) is 0 Å². The number of halogens is 1. The molecule has 0 aliphatic heterocycles. The Morgan fingerprint density at radius 3 is 2.71 bits per heavy atom. The van der Waals surface area contributed by atoms with Crippen LogP contribution in [0.15, 0.2) is 12.1 Å². The molecule has 0 fully saturated rings. The second kappa shape index (κ2) is 5.98. The molecule has 0 aliphatic rings. The van der Waals surface area contributed by atoms with Crippen LogP contribution in [0.4, 0.5) is 5.69 Å². The predicted octanol–water partition coefficient (Wildman–Crippen LogP) is 1.83. The van der Waals surface area contributed by atoms with Crippen molar-refractivity contribution in [1.82, 2.24) is 0 Å². The molecule has 4 nitrogen and oxygen atoms in total. The molecule has 0 bridgehead atoms. The van der Waals surface area contributed by atoms with Gasteiger partial charge in [-0.1, -0.05) is 0 Å². The van der Waals surface area contributed by atoms with Crippen molar-refractivity contribution in [3.63, 3.8) is 0 Å². The van der Waals surface area contributed by atoms with Crippen molar-refractivity contribution in [2.24, 2.45) is 0 Å². The number of nitrogens with one attached hydrogen (secondary N) is 1. The molecule has 0 aliphatic carbocycles. The number of nitrogens with zero attached hydrogens (tertiary/aromatic N) is 1. The average molecular weight is 344 g/mol. The number of aliphatic hydroxyl groups is 1. The topological polar surface area (TPSA) is 73.1 Å². The number of carbonyl (C=O) groups is 1. The quantitative estimate of drug-likeness (QED) is 0.646. The maximum atomic E-state index is 10.8. The van der Waals surface area contributed by atoms with E-state index in [1.807, 2.05) is 6.92 Å². The molecule has 0 saturated carbocycles. The van der Waals surface area contributed by atoms with E-state index in [1.54, 1.807) is 19.1 Å². The van der Waals surface area contributed by atoms with E-state index < -0.39 is 12.1 Å². The Kier molecular flexibility index (Phi) is 4.90. The molecule has 2 N–H and O–H groups in total. The van der Waals surface area contributed by atoms with Crippen molar-refractivity contribution < 1.29 is 9.90 Å². The number of hydrogen-bond acceptors (Lipinski definition) is 4. The number of nitriles is 1. The zero-order valence-electron chi connectivity index (χ0n) is 9.57. The van der Waals surface area contributed by atoms with E-state index >= 15 is 0 Å². The first-order valence-electron chi connectivity index (χ1n) is 5.10. The minimum absolute atomic E-state index is 0.605. The molecule has 5 heteroatoms. The van der Waals surface area contributed by atoms with Gasteiger partial charge in [-0.15, -0.1) is 0 Å². The van der Waals surface area contributed by atoms with E-state index in [-0.39, 0.29) is 0 Å². The maximum Gasteiger partial charge on any atom is 0.144 e. The Morgan fingerprint density at radius 1 is 1.59 bits per heavy atom. The van der Waals surface area contributed by atoms with Crippen molar-refractivity contribution in [3.8, 4) is 6.07 Å². The SMILES string of the molecule is Cc1c(NC(C=O)[C@H](C)O)ccc(C#N)c1I. The van der Waals surface area contributed by atoms with Crippen molar-refractivity contribution in [1.29, 1.82) is 5.26 Å². The summed E-state index contributed by atoms with van der Waals surface area (Å²) in [6.45, 7) is 3.42. The minimum Gasteiger partial charge on any atom is -0.391 e. The average Bonchev–Trinajstić information content (AvgIpc) is 2.30. The number of carbonyl (C=O) groups excluding carboxylic acids is 1. The summed E-state index contributed by atoms with van der Waals surface area (Å²) < 4.78 is 0.852. The van der Waals surface area contributed by atoms with Gasteiger partial charge in [-0.05, 0) is 54.1 Å². The van der Waals surface area contributed by atoms with Crippen LogP contribution < -0.4 is 5.32 Å². The van der Waals surface area contributed by atoms with Crippen LogP contribution in [-0.4, -0.2) is 23.5 Å². The fourth-order valence-corrected chi connectivity index (χ4v) is 1.97. The van der Waals surface area contributed by atoms with Crippen molar-refractivity contribution in [2.45, 2.75) is 26.0 Å². The minimum atomic E-state index is -0.764. The molecule has 1 aromatic carbocycles. The van der Waals surface area contributed by atoms with Gasteiger partial charge in [0.15, 0.2) is 0 Å². The number of aliphatic hydroxyl groups excluding tert-OH is 1. The monoisotopic (exact) mass is 344 g/mol. The lowest BCUT2D eigenvalue weighted by atomic mass is 10.1. The van der Waals surface area contributed by atoms with E-state index in [9.17, 15) is 9.90 Å². The molecule has 0 spiro atoms. The molecule has 2 atom stereocenters. The lowest BCUT2D eigenvalue weighted by Gasteiger charge is -2.19. The van der Waals surface area contributed by atoms with Gasteiger partial charge in [0.1, 0.15) is 18.4 Å². The highest BCUT2D eigenvalue weighted by atomic mass is 127. The third kappa shape index (κ3) is 3.17. The van der Waals surface area contributed by atoms with Gasteiger partial charge in [-0.25, -0.2) is 0 Å². The molecule has 0 amide bonds. The lowest BCUT2D eigenvalue weighted by Crippen LogP contribution is -2.33. The normalized spacial score (nSPS) is 13.6. The van der Waals surface area contributed by atoms with Gasteiger partial charge in [-0.2, -0.15) is 5.26 Å². The molecule has 90 valence electrons. The molecule has 0 aromatic heterocycles. The Balaban J connectivity index is 3.05. The van der Waals surface area contributed by atoms with E-state index in [4.69, 9.17) is 5.26 Å². The second-order valence-electron chi connectivity index (χ2n) is 3.76. The highest BCUT2D eigenvalue weighted by Crippen LogP contribution is 2.24. The summed E-state index contributed by atoms with van der Waals surface area (Å²) in [5.74, 6) is 0. The third-order valence-corrected chi connectivity index (χ3v) is 3.89. The molecule has 0 radical (unpaired) electrons. The fourth-order valence-electron chi connectivity index (χ4n) is 1.38. The zero-order chi connectivity index (χ0) is 13.0. The predicted molar refractivity (Wildman–Crippen MR) is 73.8 cm³/mol. The van der Waals surface area contributed by atoms with Gasteiger partial charge < -0.3 is 15.2 Å². The van der Waals surface area contributed by atoms with Crippen LogP contribution in [0.2, 0.25) is 0 Å². The first-order valence-corrected chi connectivity index (χ1v) is 6.18. The van der Waals surface area contributed by atoms with E-state index in [0.717, 1.165) is 14.8 Å². The molecule has 1 aromatic rings. The number of hydrogen-bond donors (Lipinski definition) is 2. The molecule has 0 heterocycles. The Labute approximate surface area is 114 Å². The fraction of sp³-hybridized carbons (Fsp3) is 0.333. The zero-order valence-corrected chi connectivity index (χ0v) is 11.7. The summed E-state index contributed by atoms with van der Waals surface area (Å²) in [5.41, 5.74) is 2.26. The van der Waals surface area contributed by atoms with Gasteiger partial charge in [0.25, 0.3) is 0 Å². The number of aldehydes is 1. The lowest BCUT2D eigenvalue weighted by molar-refractivity contribution is -0.110. The molecule has 1 rings (SSSR count). The highest BCUT2D eigenvalue weighted by molar-refractivity contribution is 14.1. The van der Waals surface area contributed by atoms with Crippen LogP contribution in [0.25, 0.3) is 0 Å². The van der Waals surface area contributed by atoms with Crippen LogP contribution in [0.1, 0.15) is 18.1 Å². The number of anilines is 1. The maximum absolute atomic E-state index is 10.8. The van der Waals surface area contributed by atoms with Crippen molar-refractivity contribution >= 4 is 34.6 Å². The number of benzene rings is 1. The van der Waals surface area contributed by atoms with Crippen molar-refractivity contribution in [3.05, 3.63) is 26.8 Å². The summed E-state index contributed by atoms with van der Waals surface area (Å²) in [6.07, 6.45) is -0.0879. The summed E-state index contributed by atoms with van der Waals surface area (Å²) >= 11 is 2.09. The Morgan fingerprint density at radius 2 is 2.24 bits per heavy atom.